The Hall–Kier alpha value is -3.70. The molecule has 8 nitrogen and oxygen atoms in total. The van der Waals surface area contributed by atoms with Gasteiger partial charge in [-0.05, 0) is 36.8 Å². The molecule has 0 saturated heterocycles. The van der Waals surface area contributed by atoms with Crippen molar-refractivity contribution in [2.45, 2.75) is 19.4 Å². The minimum absolute atomic E-state index is 0.0455. The van der Waals surface area contributed by atoms with Crippen molar-refractivity contribution in [3.63, 3.8) is 0 Å². The van der Waals surface area contributed by atoms with Crippen LogP contribution in [0.3, 0.4) is 0 Å². The molecular weight excluding hydrogens is 362 g/mol. The number of amides is 1. The molecule has 2 aromatic carbocycles. The number of aliphatic hydroxyl groups excluding tert-OH is 2. The van der Waals surface area contributed by atoms with Gasteiger partial charge in [-0.1, -0.05) is 30.3 Å². The molecular formula is C20H20N3O5+. The van der Waals surface area contributed by atoms with Gasteiger partial charge in [0.05, 0.1) is 12.7 Å². The highest BCUT2D eigenvalue weighted by Crippen LogP contribution is 2.24. The Labute approximate surface area is 161 Å². The number of nitrogens with zero attached hydrogens (tertiary/aromatic N) is 2. The molecule has 1 unspecified atom stereocenters. The summed E-state index contributed by atoms with van der Waals surface area (Å²) in [7, 11) is 0. The average Bonchev–Trinajstić information content (AvgIpc) is 2.70. The molecule has 144 valence electrons. The SMILES string of the molecule is CCOC(=O)/C([N+]#N)=C(\O)CC(O)c1ccc(NC(=O)c2ccccc2)cc1. The topological polar surface area (TPSA) is 124 Å². The lowest BCUT2D eigenvalue weighted by Crippen LogP contribution is -2.12. The van der Waals surface area contributed by atoms with Crippen LogP contribution in [0.25, 0.3) is 4.98 Å². The third-order valence-corrected chi connectivity index (χ3v) is 3.82. The molecule has 3 N–H and O–H groups in total. The van der Waals surface area contributed by atoms with Crippen molar-refractivity contribution in [1.82, 2.24) is 0 Å². The van der Waals surface area contributed by atoms with E-state index in [4.69, 9.17) is 5.39 Å². The van der Waals surface area contributed by atoms with Crippen LogP contribution in [0.1, 0.15) is 35.4 Å². The Bertz CT molecular complexity index is 902. The van der Waals surface area contributed by atoms with Crippen LogP contribution in [-0.2, 0) is 9.53 Å². The third kappa shape index (κ3) is 5.40. The summed E-state index contributed by atoms with van der Waals surface area (Å²) in [5, 5.41) is 31.8. The molecule has 0 radical (unpaired) electrons. The first-order valence-corrected chi connectivity index (χ1v) is 8.55. The van der Waals surface area contributed by atoms with Crippen LogP contribution in [0.2, 0.25) is 0 Å². The van der Waals surface area contributed by atoms with E-state index in [2.05, 4.69) is 15.0 Å². The number of ether oxygens (including phenoxy) is 1. The van der Waals surface area contributed by atoms with E-state index in [1.807, 2.05) is 6.07 Å². The standard InChI is InChI=1S/C20H19N3O5/c1-2-28-20(27)18(23-21)17(25)12-16(24)13-8-10-15(11-9-13)22-19(26)14-6-4-3-5-7-14/h3-11,16,24H,2,12H2,1H3,(H-,22,25,26,27)/p+1. The first-order chi connectivity index (χ1) is 13.5. The van der Waals surface area contributed by atoms with Gasteiger partial charge in [0.15, 0.2) is 10.7 Å². The van der Waals surface area contributed by atoms with Gasteiger partial charge in [0, 0.05) is 17.7 Å². The number of aliphatic hydroxyl groups is 2. The second-order valence-corrected chi connectivity index (χ2v) is 5.78. The largest absolute Gasteiger partial charge is 0.505 e. The van der Waals surface area contributed by atoms with Crippen molar-refractivity contribution in [2.24, 2.45) is 0 Å². The molecule has 2 aromatic rings. The lowest BCUT2D eigenvalue weighted by Gasteiger charge is -2.11. The molecule has 1 amide bonds. The van der Waals surface area contributed by atoms with E-state index in [9.17, 15) is 19.8 Å². The maximum Gasteiger partial charge on any atom is 0.505 e. The van der Waals surface area contributed by atoms with Crippen molar-refractivity contribution >= 4 is 17.6 Å². The summed E-state index contributed by atoms with van der Waals surface area (Å²) in [6, 6.07) is 15.1. The fourth-order valence-electron chi connectivity index (χ4n) is 2.39. The Morgan fingerprint density at radius 2 is 1.79 bits per heavy atom. The minimum Gasteiger partial charge on any atom is -0.505 e. The lowest BCUT2D eigenvalue weighted by atomic mass is 10.0. The first-order valence-electron chi connectivity index (χ1n) is 8.55. The quantitative estimate of drug-likeness (QED) is 0.291. The fraction of sp³-hybridized carbons (Fsp3) is 0.200. The maximum atomic E-state index is 12.1. The molecule has 0 saturated carbocycles. The van der Waals surface area contributed by atoms with E-state index in [0.717, 1.165) is 0 Å². The summed E-state index contributed by atoms with van der Waals surface area (Å²) in [5.41, 5.74) is 0.820. The highest BCUT2D eigenvalue weighted by atomic mass is 16.5. The number of anilines is 1. The van der Waals surface area contributed by atoms with Crippen molar-refractivity contribution in [3.05, 3.63) is 82.2 Å². The van der Waals surface area contributed by atoms with Crippen molar-refractivity contribution in [2.75, 3.05) is 11.9 Å². The molecule has 28 heavy (non-hydrogen) atoms. The second kappa shape index (κ2) is 9.85. The highest BCUT2D eigenvalue weighted by Gasteiger charge is 2.31. The van der Waals surface area contributed by atoms with E-state index in [-0.39, 0.29) is 18.9 Å². The zero-order valence-electron chi connectivity index (χ0n) is 15.2. The van der Waals surface area contributed by atoms with Gasteiger partial charge in [-0.25, -0.2) is 4.79 Å². The van der Waals surface area contributed by atoms with E-state index < -0.39 is 23.5 Å². The molecule has 0 aliphatic carbocycles. The van der Waals surface area contributed by atoms with Gasteiger partial charge >= 0.3 is 11.7 Å². The predicted octanol–water partition coefficient (Wildman–Crippen LogP) is 3.55. The lowest BCUT2D eigenvalue weighted by molar-refractivity contribution is -0.138. The summed E-state index contributed by atoms with van der Waals surface area (Å²) in [6.07, 6.45) is -1.52. The number of diazo groups is 1. The number of esters is 1. The molecule has 0 aromatic heterocycles. The third-order valence-electron chi connectivity index (χ3n) is 3.82. The zero-order valence-corrected chi connectivity index (χ0v) is 15.2. The van der Waals surface area contributed by atoms with Crippen LogP contribution in [0.15, 0.2) is 66.1 Å². The van der Waals surface area contributed by atoms with Gasteiger partial charge in [0.2, 0.25) is 5.39 Å². The summed E-state index contributed by atoms with van der Waals surface area (Å²) in [6.45, 7) is 1.61. The average molecular weight is 382 g/mol. The summed E-state index contributed by atoms with van der Waals surface area (Å²) in [4.78, 5) is 26.4. The molecule has 0 aliphatic heterocycles. The van der Waals surface area contributed by atoms with Gasteiger partial charge < -0.3 is 20.3 Å². The van der Waals surface area contributed by atoms with Gasteiger partial charge in [0.1, 0.15) is 0 Å². The van der Waals surface area contributed by atoms with E-state index >= 15 is 0 Å². The maximum absolute atomic E-state index is 12.1. The fourth-order valence-corrected chi connectivity index (χ4v) is 2.39. The van der Waals surface area contributed by atoms with Crippen molar-refractivity contribution < 1.29 is 24.5 Å². The van der Waals surface area contributed by atoms with E-state index in [1.54, 1.807) is 55.5 Å². The number of nitrogens with one attached hydrogen (secondary N) is 1. The number of hydrogen-bond donors (Lipinski definition) is 3. The molecule has 0 fully saturated rings. The normalized spacial score (nSPS) is 12.3. The molecule has 8 heteroatoms. The molecule has 0 spiro atoms. The Kier molecular flexibility index (Phi) is 7.25. The number of carbonyl (C=O) groups excluding carboxylic acids is 2. The smallest absolute Gasteiger partial charge is 0.505 e. The number of carbonyl (C=O) groups is 2. The second-order valence-electron chi connectivity index (χ2n) is 5.78. The number of benzene rings is 2. The van der Waals surface area contributed by atoms with Crippen LogP contribution in [0, 0.1) is 5.39 Å². The Balaban J connectivity index is 2.05. The molecule has 1 atom stereocenters. The first kappa shape index (κ1) is 20.6. The highest BCUT2D eigenvalue weighted by molar-refractivity contribution is 6.04. The molecule has 0 heterocycles. The molecule has 0 aliphatic rings. The van der Waals surface area contributed by atoms with E-state index in [0.29, 0.717) is 16.8 Å². The van der Waals surface area contributed by atoms with Gasteiger partial charge in [0.25, 0.3) is 5.91 Å². The van der Waals surface area contributed by atoms with Crippen molar-refractivity contribution in [1.29, 1.82) is 5.39 Å². The van der Waals surface area contributed by atoms with Gasteiger partial charge in [-0.2, -0.15) is 0 Å². The Morgan fingerprint density at radius 1 is 1.14 bits per heavy atom. The van der Waals surface area contributed by atoms with Gasteiger partial charge in [-0.15, -0.1) is 0 Å². The molecule has 2 rings (SSSR count). The summed E-state index contributed by atoms with van der Waals surface area (Å²) in [5.74, 6) is -1.86. The van der Waals surface area contributed by atoms with Crippen LogP contribution in [-0.4, -0.2) is 28.7 Å². The Morgan fingerprint density at radius 3 is 2.36 bits per heavy atom. The zero-order chi connectivity index (χ0) is 20.5. The van der Waals surface area contributed by atoms with Crippen LogP contribution in [0.5, 0.6) is 0 Å². The number of hydrogen-bond acceptors (Lipinski definition) is 6. The predicted molar refractivity (Wildman–Crippen MR) is 102 cm³/mol. The summed E-state index contributed by atoms with van der Waals surface area (Å²) < 4.78 is 4.66. The van der Waals surface area contributed by atoms with Crippen LogP contribution < -0.4 is 5.32 Å². The van der Waals surface area contributed by atoms with Gasteiger partial charge in [-0.3, -0.25) is 4.79 Å². The molecule has 0 bridgehead atoms. The van der Waals surface area contributed by atoms with E-state index in [1.165, 1.54) is 0 Å². The minimum atomic E-state index is -1.16. The van der Waals surface area contributed by atoms with Crippen LogP contribution >= 0.6 is 0 Å². The monoisotopic (exact) mass is 382 g/mol. The summed E-state index contributed by atoms with van der Waals surface area (Å²) >= 11 is 0. The van der Waals surface area contributed by atoms with Crippen LogP contribution in [0.4, 0.5) is 5.69 Å². The number of rotatable bonds is 7. The van der Waals surface area contributed by atoms with Crippen molar-refractivity contribution in [3.8, 4) is 0 Å².